The van der Waals surface area contributed by atoms with Crippen LogP contribution in [0.3, 0.4) is 0 Å². The van der Waals surface area contributed by atoms with Crippen LogP contribution in [0.15, 0.2) is 12.2 Å². The van der Waals surface area contributed by atoms with Gasteiger partial charge in [0.15, 0.2) is 0 Å². The summed E-state index contributed by atoms with van der Waals surface area (Å²) in [6.45, 7) is 4.24. The molecule has 0 aromatic heterocycles. The van der Waals surface area contributed by atoms with Crippen LogP contribution in [0, 0.1) is 0 Å². The molecule has 298 valence electrons. The molecule has 0 heterocycles. The van der Waals surface area contributed by atoms with Crippen molar-refractivity contribution < 1.29 is 20.1 Å². The number of hydrogen-bond acceptors (Lipinski definition) is 4. The average molecular weight is 708 g/mol. The maximum Gasteiger partial charge on any atom is 0.249 e. The topological polar surface area (TPSA) is 89.8 Å². The van der Waals surface area contributed by atoms with E-state index in [-0.39, 0.29) is 6.61 Å². The molecule has 5 nitrogen and oxygen atoms in total. The number of allylic oxidation sites excluding steroid dienone is 2. The van der Waals surface area contributed by atoms with E-state index < -0.39 is 24.2 Å². The molecule has 0 aliphatic heterocycles. The maximum absolute atomic E-state index is 12.5. The monoisotopic (exact) mass is 708 g/mol. The summed E-state index contributed by atoms with van der Waals surface area (Å²) in [5, 5.41) is 33.3. The molecule has 0 saturated heterocycles. The first-order chi connectivity index (χ1) is 24.6. The van der Waals surface area contributed by atoms with Gasteiger partial charge in [0, 0.05) is 0 Å². The van der Waals surface area contributed by atoms with Crippen LogP contribution in [0.2, 0.25) is 0 Å². The highest BCUT2D eigenvalue weighted by atomic mass is 16.3. The Bertz CT molecular complexity index is 699. The van der Waals surface area contributed by atoms with Gasteiger partial charge in [-0.15, -0.1) is 0 Å². The van der Waals surface area contributed by atoms with Crippen molar-refractivity contribution in [1.29, 1.82) is 0 Å². The van der Waals surface area contributed by atoms with Gasteiger partial charge in [0.25, 0.3) is 0 Å². The van der Waals surface area contributed by atoms with Crippen LogP contribution in [0.4, 0.5) is 0 Å². The van der Waals surface area contributed by atoms with E-state index in [2.05, 4.69) is 31.3 Å². The summed E-state index contributed by atoms with van der Waals surface area (Å²) >= 11 is 0. The fourth-order valence-electron chi connectivity index (χ4n) is 7.07. The molecular weight excluding hydrogens is 618 g/mol. The fourth-order valence-corrected chi connectivity index (χ4v) is 7.07. The van der Waals surface area contributed by atoms with Gasteiger partial charge in [-0.1, -0.05) is 219 Å². The lowest BCUT2D eigenvalue weighted by atomic mass is 10.0. The summed E-state index contributed by atoms with van der Waals surface area (Å²) in [6, 6.07) is -0.710. The number of carbonyl (C=O) groups excluding carboxylic acids is 1. The molecule has 0 radical (unpaired) electrons. The third kappa shape index (κ3) is 35.5. The molecule has 50 heavy (non-hydrogen) atoms. The number of hydrogen-bond donors (Lipinski definition) is 4. The van der Waals surface area contributed by atoms with Gasteiger partial charge in [0.05, 0.1) is 18.8 Å². The molecule has 0 aliphatic carbocycles. The Morgan fingerprint density at radius 3 is 1.10 bits per heavy atom. The predicted octanol–water partition coefficient (Wildman–Crippen LogP) is 12.8. The summed E-state index contributed by atoms with van der Waals surface area (Å²) < 4.78 is 0. The van der Waals surface area contributed by atoms with Gasteiger partial charge in [-0.2, -0.15) is 0 Å². The quantitative estimate of drug-likeness (QED) is 0.0376. The van der Waals surface area contributed by atoms with Gasteiger partial charge in [-0.3, -0.25) is 4.79 Å². The smallest absolute Gasteiger partial charge is 0.249 e. The summed E-state index contributed by atoms with van der Waals surface area (Å²) in [7, 11) is 0. The Morgan fingerprint density at radius 2 is 0.760 bits per heavy atom. The van der Waals surface area contributed by atoms with Gasteiger partial charge >= 0.3 is 0 Å². The van der Waals surface area contributed by atoms with E-state index in [1.807, 2.05) is 0 Å². The fraction of sp³-hybridized carbons (Fsp3) is 0.933. The summed E-state index contributed by atoms with van der Waals surface area (Å²) in [4.78, 5) is 12.5. The van der Waals surface area contributed by atoms with E-state index in [0.29, 0.717) is 12.8 Å². The molecule has 0 aromatic carbocycles. The second-order valence-electron chi connectivity index (χ2n) is 15.6. The molecule has 0 bridgehead atoms. The van der Waals surface area contributed by atoms with Gasteiger partial charge in [-0.25, -0.2) is 0 Å². The summed E-state index contributed by atoms with van der Waals surface area (Å²) in [6.07, 6.45) is 47.8. The van der Waals surface area contributed by atoms with E-state index in [9.17, 15) is 20.1 Å². The number of amides is 1. The van der Waals surface area contributed by atoms with Crippen LogP contribution in [0.1, 0.15) is 245 Å². The Kier molecular flexibility index (Phi) is 40.1. The lowest BCUT2D eigenvalue weighted by Crippen LogP contribution is -2.49. The zero-order valence-corrected chi connectivity index (χ0v) is 33.8. The summed E-state index contributed by atoms with van der Waals surface area (Å²) in [5.41, 5.74) is 0. The van der Waals surface area contributed by atoms with Crippen molar-refractivity contribution in [2.24, 2.45) is 0 Å². The minimum atomic E-state index is -1.08. The van der Waals surface area contributed by atoms with Crippen molar-refractivity contribution in [2.75, 3.05) is 6.61 Å². The van der Waals surface area contributed by atoms with Crippen molar-refractivity contribution in [3.05, 3.63) is 12.2 Å². The number of carbonyl (C=O) groups is 1. The maximum atomic E-state index is 12.5. The highest BCUT2D eigenvalue weighted by Crippen LogP contribution is 2.16. The molecular formula is C45H89NO4. The molecule has 5 heteroatoms. The Labute approximate surface area is 312 Å². The second-order valence-corrected chi connectivity index (χ2v) is 15.6. The first-order valence-corrected chi connectivity index (χ1v) is 22.5. The minimum absolute atomic E-state index is 0.313. The van der Waals surface area contributed by atoms with Crippen LogP contribution in [0.5, 0.6) is 0 Å². The predicted molar refractivity (Wildman–Crippen MR) is 218 cm³/mol. The zero-order valence-electron chi connectivity index (χ0n) is 33.8. The third-order valence-electron chi connectivity index (χ3n) is 10.6. The van der Waals surface area contributed by atoms with Gasteiger partial charge in [-0.05, 0) is 38.5 Å². The van der Waals surface area contributed by atoms with Crippen LogP contribution < -0.4 is 5.32 Å². The van der Waals surface area contributed by atoms with Crippen LogP contribution in [-0.4, -0.2) is 46.1 Å². The third-order valence-corrected chi connectivity index (χ3v) is 10.6. The van der Waals surface area contributed by atoms with Crippen molar-refractivity contribution in [3.63, 3.8) is 0 Å². The Morgan fingerprint density at radius 1 is 0.460 bits per heavy atom. The van der Waals surface area contributed by atoms with Gasteiger partial charge < -0.3 is 20.6 Å². The average Bonchev–Trinajstić information content (AvgIpc) is 3.12. The zero-order chi connectivity index (χ0) is 36.6. The van der Waals surface area contributed by atoms with Crippen molar-refractivity contribution >= 4 is 5.91 Å². The highest BCUT2D eigenvalue weighted by Gasteiger charge is 2.23. The second kappa shape index (κ2) is 40.9. The Balaban J connectivity index is 3.60. The molecule has 0 fully saturated rings. The SMILES string of the molecule is CCCCCCCCCCCCCC/C=C\CCCCCCCCC(O)C(=O)NC(CO)C(O)CCCCCCCCCCCCCCCC. The molecule has 3 unspecified atom stereocenters. The van der Waals surface area contributed by atoms with Gasteiger partial charge in [0.1, 0.15) is 6.10 Å². The molecule has 0 spiro atoms. The van der Waals surface area contributed by atoms with Crippen LogP contribution in [0.25, 0.3) is 0 Å². The minimum Gasteiger partial charge on any atom is -0.394 e. The Hall–Kier alpha value is -0.910. The van der Waals surface area contributed by atoms with Gasteiger partial charge in [0.2, 0.25) is 5.91 Å². The molecule has 4 N–H and O–H groups in total. The van der Waals surface area contributed by atoms with Crippen LogP contribution in [-0.2, 0) is 4.79 Å². The van der Waals surface area contributed by atoms with E-state index in [0.717, 1.165) is 32.1 Å². The number of aliphatic hydroxyl groups is 3. The standard InChI is InChI=1S/C45H89NO4/c1-3-5-7-9-11-13-15-17-19-20-21-22-23-24-25-26-28-30-32-34-36-38-40-44(49)45(50)46-42(41-47)43(48)39-37-35-33-31-29-27-18-16-14-12-10-8-6-4-2/h24-25,42-44,47-49H,3-23,26-41H2,1-2H3,(H,46,50)/b25-24-. The van der Waals surface area contributed by atoms with E-state index in [1.54, 1.807) is 0 Å². The number of aliphatic hydroxyl groups excluding tert-OH is 3. The number of rotatable bonds is 41. The van der Waals surface area contributed by atoms with Crippen molar-refractivity contribution in [3.8, 4) is 0 Å². The molecule has 3 atom stereocenters. The van der Waals surface area contributed by atoms with Crippen molar-refractivity contribution in [2.45, 2.75) is 263 Å². The highest BCUT2D eigenvalue weighted by molar-refractivity contribution is 5.80. The molecule has 0 saturated carbocycles. The molecule has 1 amide bonds. The van der Waals surface area contributed by atoms with E-state index in [4.69, 9.17) is 0 Å². The lowest BCUT2D eigenvalue weighted by molar-refractivity contribution is -0.131. The van der Waals surface area contributed by atoms with Crippen molar-refractivity contribution in [1.82, 2.24) is 5.32 Å². The normalized spacial score (nSPS) is 13.6. The lowest BCUT2D eigenvalue weighted by Gasteiger charge is -2.23. The van der Waals surface area contributed by atoms with Crippen LogP contribution >= 0.6 is 0 Å². The number of unbranched alkanes of at least 4 members (excludes halogenated alkanes) is 31. The molecule has 0 aliphatic rings. The first-order valence-electron chi connectivity index (χ1n) is 22.5. The first kappa shape index (κ1) is 49.1. The molecule has 0 rings (SSSR count). The number of nitrogens with one attached hydrogen (secondary N) is 1. The van der Waals surface area contributed by atoms with E-state index in [1.165, 1.54) is 186 Å². The largest absolute Gasteiger partial charge is 0.394 e. The molecule has 0 aromatic rings. The summed E-state index contributed by atoms with van der Waals surface area (Å²) in [5.74, 6) is -0.473. The van der Waals surface area contributed by atoms with E-state index >= 15 is 0 Å².